The summed E-state index contributed by atoms with van der Waals surface area (Å²) in [6.45, 7) is 6.41. The van der Waals surface area contributed by atoms with E-state index < -0.39 is 36.5 Å². The molecule has 44 heavy (non-hydrogen) atoms. The summed E-state index contributed by atoms with van der Waals surface area (Å²) in [5.41, 5.74) is 6.45. The number of alkyl halides is 1. The third-order valence-electron chi connectivity index (χ3n) is 6.91. The van der Waals surface area contributed by atoms with Crippen LogP contribution in [0.2, 0.25) is 0 Å². The lowest BCUT2D eigenvalue weighted by atomic mass is 9.97. The number of carbonyl (C=O) groups excluding carboxylic acids is 1. The van der Waals surface area contributed by atoms with Crippen LogP contribution in [0.3, 0.4) is 0 Å². The highest BCUT2D eigenvalue weighted by Gasteiger charge is 2.54. The Labute approximate surface area is 264 Å². The SMILES string of the molecule is CCOc1nc(N)nc2c1ncn2C1OC(COP(=O)(NCc2ccccc2)OCCSC(=O)C(C)(C)CO)C(O)C1(C)Cl. The molecule has 0 spiro atoms. The number of aromatic nitrogens is 4. The molecule has 242 valence electrons. The Morgan fingerprint density at radius 1 is 1.30 bits per heavy atom. The molecule has 5 unspecified atom stereocenters. The van der Waals surface area contributed by atoms with Gasteiger partial charge >= 0.3 is 7.75 Å². The van der Waals surface area contributed by atoms with Gasteiger partial charge in [-0.3, -0.25) is 18.4 Å². The van der Waals surface area contributed by atoms with Crippen LogP contribution in [0.4, 0.5) is 5.95 Å². The summed E-state index contributed by atoms with van der Waals surface area (Å²) in [4.78, 5) is 23.7. The van der Waals surface area contributed by atoms with E-state index in [4.69, 9.17) is 35.9 Å². The van der Waals surface area contributed by atoms with Crippen LogP contribution in [0.25, 0.3) is 11.2 Å². The number of nitrogens with two attached hydrogens (primary N) is 1. The van der Waals surface area contributed by atoms with Gasteiger partial charge in [-0.2, -0.15) is 9.97 Å². The fourth-order valence-electron chi connectivity index (χ4n) is 4.30. The normalized spacial score (nSPS) is 23.6. The highest BCUT2D eigenvalue weighted by Crippen LogP contribution is 2.48. The predicted octanol–water partition coefficient (Wildman–Crippen LogP) is 3.27. The summed E-state index contributed by atoms with van der Waals surface area (Å²) in [7, 11) is -3.98. The standard InChI is InChI=1S/C27H38ClN6O8PS/c1-5-39-22-19-21(32-25(29)33-22)34(16-30-19)23-27(4,28)20(36)18(42-23)14-41-43(38,31-13-17-9-7-6-8-10-17)40-11-12-44-24(37)26(2,3)15-35/h6-10,16,18,20,23,35-36H,5,11-15H2,1-4H3,(H,31,38)(H2,29,32,33). The third-order valence-corrected chi connectivity index (χ3v) is 10.1. The van der Waals surface area contributed by atoms with Gasteiger partial charge < -0.3 is 25.4 Å². The lowest BCUT2D eigenvalue weighted by Crippen LogP contribution is -2.40. The number of aliphatic hydroxyl groups is 2. The number of halogens is 1. The van der Waals surface area contributed by atoms with Crippen molar-refractivity contribution in [1.82, 2.24) is 24.6 Å². The minimum Gasteiger partial charge on any atom is -0.476 e. The van der Waals surface area contributed by atoms with Gasteiger partial charge in [0.05, 0.1) is 38.2 Å². The highest BCUT2D eigenvalue weighted by atomic mass is 35.5. The Morgan fingerprint density at radius 3 is 2.70 bits per heavy atom. The molecule has 0 bridgehead atoms. The van der Waals surface area contributed by atoms with E-state index in [2.05, 4.69) is 20.0 Å². The van der Waals surface area contributed by atoms with Crippen molar-refractivity contribution in [2.45, 2.75) is 57.5 Å². The number of benzene rings is 1. The molecule has 0 amide bonds. The molecule has 17 heteroatoms. The van der Waals surface area contributed by atoms with Crippen molar-refractivity contribution in [2.24, 2.45) is 5.41 Å². The number of rotatable bonds is 15. The average molecular weight is 673 g/mol. The summed E-state index contributed by atoms with van der Waals surface area (Å²) in [5.74, 6) is 0.334. The van der Waals surface area contributed by atoms with Crippen LogP contribution in [-0.4, -0.2) is 84.1 Å². The van der Waals surface area contributed by atoms with Gasteiger partial charge in [0.1, 0.15) is 17.1 Å². The third kappa shape index (κ3) is 7.90. The van der Waals surface area contributed by atoms with Crippen LogP contribution >= 0.6 is 31.1 Å². The van der Waals surface area contributed by atoms with Crippen LogP contribution < -0.4 is 15.6 Å². The van der Waals surface area contributed by atoms with Crippen molar-refractivity contribution in [3.8, 4) is 5.88 Å². The zero-order chi connectivity index (χ0) is 32.1. The molecule has 1 saturated heterocycles. The summed E-state index contributed by atoms with van der Waals surface area (Å²) in [5, 5.41) is 23.2. The molecule has 1 aromatic carbocycles. The fraction of sp³-hybridized carbons (Fsp3) is 0.556. The molecule has 0 radical (unpaired) electrons. The van der Waals surface area contributed by atoms with E-state index in [-0.39, 0.29) is 49.1 Å². The van der Waals surface area contributed by atoms with E-state index >= 15 is 0 Å². The number of fused-ring (bicyclic) bond motifs is 1. The molecule has 0 aliphatic carbocycles. The topological polar surface area (TPSA) is 193 Å². The van der Waals surface area contributed by atoms with E-state index in [0.29, 0.717) is 17.8 Å². The first-order chi connectivity index (χ1) is 20.8. The van der Waals surface area contributed by atoms with Crippen LogP contribution in [-0.2, 0) is 29.7 Å². The average Bonchev–Trinajstić information content (AvgIpc) is 3.51. The summed E-state index contributed by atoms with van der Waals surface area (Å²) in [6, 6.07) is 9.24. The van der Waals surface area contributed by atoms with Crippen LogP contribution in [0, 0.1) is 5.41 Å². The van der Waals surface area contributed by atoms with Gasteiger partial charge in [-0.1, -0.05) is 42.1 Å². The Kier molecular flexibility index (Phi) is 11.3. The van der Waals surface area contributed by atoms with Crippen molar-refractivity contribution < 1.29 is 38.1 Å². The molecule has 0 saturated carbocycles. The summed E-state index contributed by atoms with van der Waals surface area (Å²) < 4.78 is 38.5. The quantitative estimate of drug-likeness (QED) is 0.104. The van der Waals surface area contributed by atoms with Gasteiger partial charge in [-0.05, 0) is 33.3 Å². The van der Waals surface area contributed by atoms with E-state index in [0.717, 1.165) is 17.3 Å². The predicted molar refractivity (Wildman–Crippen MR) is 166 cm³/mol. The van der Waals surface area contributed by atoms with Gasteiger partial charge in [0.15, 0.2) is 22.5 Å². The van der Waals surface area contributed by atoms with E-state index in [1.54, 1.807) is 27.7 Å². The first kappa shape index (κ1) is 34.5. The second-order valence-corrected chi connectivity index (χ2v) is 14.6. The second kappa shape index (κ2) is 14.4. The zero-order valence-corrected chi connectivity index (χ0v) is 27.3. The number of carbonyl (C=O) groups is 1. The lowest BCUT2D eigenvalue weighted by molar-refractivity contribution is -0.119. The number of nitrogen functional groups attached to an aromatic ring is 1. The molecule has 14 nitrogen and oxygen atoms in total. The van der Waals surface area contributed by atoms with Crippen LogP contribution in [0.15, 0.2) is 36.7 Å². The monoisotopic (exact) mass is 672 g/mol. The number of aliphatic hydroxyl groups excluding tert-OH is 2. The van der Waals surface area contributed by atoms with Crippen molar-refractivity contribution in [3.05, 3.63) is 42.2 Å². The molecule has 3 heterocycles. The number of nitrogens with zero attached hydrogens (tertiary/aromatic N) is 4. The fourth-order valence-corrected chi connectivity index (χ4v) is 6.84. The number of anilines is 1. The number of imidazole rings is 1. The Balaban J connectivity index is 1.48. The van der Waals surface area contributed by atoms with Gasteiger partial charge in [-0.25, -0.2) is 14.6 Å². The first-order valence-corrected chi connectivity index (χ1v) is 16.8. The molecular formula is C27H38ClN6O8PS. The molecular weight excluding hydrogens is 635 g/mol. The molecule has 1 fully saturated rings. The van der Waals surface area contributed by atoms with Crippen molar-refractivity contribution >= 4 is 53.3 Å². The molecule has 2 aromatic heterocycles. The minimum atomic E-state index is -3.98. The molecule has 5 atom stereocenters. The zero-order valence-electron chi connectivity index (χ0n) is 24.9. The van der Waals surface area contributed by atoms with Gasteiger partial charge in [0.25, 0.3) is 0 Å². The summed E-state index contributed by atoms with van der Waals surface area (Å²) in [6.07, 6.45) is -1.83. The Hall–Kier alpha value is -2.33. The number of nitrogens with one attached hydrogen (secondary N) is 1. The number of hydrogen-bond acceptors (Lipinski definition) is 13. The van der Waals surface area contributed by atoms with Gasteiger partial charge in [-0.15, -0.1) is 11.6 Å². The number of hydrogen-bond donors (Lipinski definition) is 4. The van der Waals surface area contributed by atoms with Crippen LogP contribution in [0.1, 0.15) is 39.5 Å². The van der Waals surface area contributed by atoms with Crippen LogP contribution in [0.5, 0.6) is 5.88 Å². The van der Waals surface area contributed by atoms with Gasteiger partial charge in [0.2, 0.25) is 11.8 Å². The van der Waals surface area contributed by atoms with Crippen molar-refractivity contribution in [3.63, 3.8) is 0 Å². The maximum Gasteiger partial charge on any atom is 0.405 e. The minimum absolute atomic E-state index is 0.0419. The highest BCUT2D eigenvalue weighted by molar-refractivity contribution is 8.13. The maximum absolute atomic E-state index is 13.8. The molecule has 4 rings (SSSR count). The maximum atomic E-state index is 13.8. The van der Waals surface area contributed by atoms with E-state index in [1.807, 2.05) is 30.3 Å². The van der Waals surface area contributed by atoms with Crippen molar-refractivity contribution in [2.75, 3.05) is 37.9 Å². The first-order valence-electron chi connectivity index (χ1n) is 13.9. The molecule has 1 aliphatic rings. The molecule has 5 N–H and O–H groups in total. The number of ether oxygens (including phenoxy) is 2. The smallest absolute Gasteiger partial charge is 0.405 e. The van der Waals surface area contributed by atoms with Crippen molar-refractivity contribution in [1.29, 1.82) is 0 Å². The van der Waals surface area contributed by atoms with Gasteiger partial charge in [0, 0.05) is 12.3 Å². The van der Waals surface area contributed by atoms with E-state index in [9.17, 15) is 19.6 Å². The largest absolute Gasteiger partial charge is 0.476 e. The second-order valence-electron chi connectivity index (χ2n) is 10.9. The molecule has 1 aliphatic heterocycles. The Morgan fingerprint density at radius 2 is 2.02 bits per heavy atom. The lowest BCUT2D eigenvalue weighted by Gasteiger charge is -2.26. The van der Waals surface area contributed by atoms with E-state index in [1.165, 1.54) is 10.9 Å². The molecule has 3 aromatic rings. The Bertz CT molecular complexity index is 1480. The number of thioether (sulfide) groups is 1. The summed E-state index contributed by atoms with van der Waals surface area (Å²) >= 11 is 7.79.